The molecule has 0 saturated carbocycles. The predicted molar refractivity (Wildman–Crippen MR) is 87.3 cm³/mol. The number of hydrogen-bond donors (Lipinski definition) is 1. The van der Waals surface area contributed by atoms with E-state index in [1.807, 2.05) is 26.0 Å². The van der Waals surface area contributed by atoms with Gasteiger partial charge in [-0.3, -0.25) is 9.69 Å². The van der Waals surface area contributed by atoms with Gasteiger partial charge in [-0.15, -0.1) is 0 Å². The Balaban J connectivity index is 1.76. The number of likely N-dealkylation sites (tertiary alicyclic amines) is 1. The average molecular weight is 307 g/mol. The number of piperidine rings is 1. The van der Waals surface area contributed by atoms with Crippen molar-refractivity contribution in [2.45, 2.75) is 39.3 Å². The molecule has 1 aromatic carbocycles. The van der Waals surface area contributed by atoms with Crippen LogP contribution in [0.3, 0.4) is 0 Å². The predicted octanol–water partition coefficient (Wildman–Crippen LogP) is 3.39. The van der Waals surface area contributed by atoms with Gasteiger partial charge < -0.3 is 5.32 Å². The molecule has 0 bridgehead atoms. The van der Waals surface area contributed by atoms with Gasteiger partial charge in [-0.1, -0.05) is 29.3 Å². The fourth-order valence-corrected chi connectivity index (χ4v) is 2.71. The maximum absolute atomic E-state index is 11.7. The highest BCUT2D eigenvalue weighted by molar-refractivity contribution is 6.30. The topological polar surface area (TPSA) is 32.3 Å². The van der Waals surface area contributed by atoms with Crippen LogP contribution in [0.1, 0.15) is 32.3 Å². The van der Waals surface area contributed by atoms with Crippen molar-refractivity contribution < 1.29 is 4.79 Å². The third kappa shape index (κ3) is 5.52. The number of carbonyl (C=O) groups excluding carboxylic acids is 1. The highest BCUT2D eigenvalue weighted by Gasteiger charge is 2.20. The van der Waals surface area contributed by atoms with Crippen LogP contribution in [-0.4, -0.2) is 29.9 Å². The molecule has 0 radical (unpaired) electrons. The molecule has 1 saturated heterocycles. The first-order valence-corrected chi connectivity index (χ1v) is 7.83. The summed E-state index contributed by atoms with van der Waals surface area (Å²) in [5.74, 6) is 0.0335. The van der Waals surface area contributed by atoms with Gasteiger partial charge in [0.15, 0.2) is 0 Å². The van der Waals surface area contributed by atoms with Crippen molar-refractivity contribution in [2.75, 3.05) is 13.1 Å². The summed E-state index contributed by atoms with van der Waals surface area (Å²) in [6, 6.07) is 8.32. The number of halogens is 1. The van der Waals surface area contributed by atoms with E-state index in [9.17, 15) is 4.79 Å². The number of benzene rings is 1. The standard InChI is InChI=1S/C17H23ClN2O/c1-13(2)11-17(21)19-16-7-9-20(10-8-16)12-14-3-5-15(18)6-4-14/h3-6,11,16H,7-10,12H2,1-2H3,(H,19,21). The molecule has 0 spiro atoms. The number of amides is 1. The molecule has 0 unspecified atom stereocenters. The van der Waals surface area contributed by atoms with E-state index in [4.69, 9.17) is 11.6 Å². The van der Waals surface area contributed by atoms with E-state index >= 15 is 0 Å². The minimum Gasteiger partial charge on any atom is -0.350 e. The first-order valence-electron chi connectivity index (χ1n) is 7.45. The number of nitrogens with one attached hydrogen (secondary N) is 1. The van der Waals surface area contributed by atoms with Gasteiger partial charge in [0.2, 0.25) is 5.91 Å². The summed E-state index contributed by atoms with van der Waals surface area (Å²) in [5.41, 5.74) is 2.32. The van der Waals surface area contributed by atoms with Crippen LogP contribution >= 0.6 is 11.6 Å². The van der Waals surface area contributed by atoms with Crippen molar-refractivity contribution >= 4 is 17.5 Å². The Kier molecular flexibility index (Phi) is 5.83. The molecule has 1 fully saturated rings. The molecule has 1 aliphatic heterocycles. The first kappa shape index (κ1) is 16.1. The lowest BCUT2D eigenvalue weighted by molar-refractivity contribution is -0.117. The Morgan fingerprint density at radius 3 is 2.48 bits per heavy atom. The van der Waals surface area contributed by atoms with Crippen LogP contribution in [0.4, 0.5) is 0 Å². The third-order valence-corrected chi connectivity index (χ3v) is 3.93. The van der Waals surface area contributed by atoms with Crippen molar-refractivity contribution in [3.63, 3.8) is 0 Å². The number of carbonyl (C=O) groups is 1. The van der Waals surface area contributed by atoms with E-state index < -0.39 is 0 Å². The van der Waals surface area contributed by atoms with Crippen LogP contribution in [0, 0.1) is 0 Å². The molecule has 1 heterocycles. The number of rotatable bonds is 4. The Hall–Kier alpha value is -1.32. The fraction of sp³-hybridized carbons (Fsp3) is 0.471. The summed E-state index contributed by atoms with van der Waals surface area (Å²) in [6.45, 7) is 6.86. The normalized spacial score (nSPS) is 16.5. The highest BCUT2D eigenvalue weighted by atomic mass is 35.5. The van der Waals surface area contributed by atoms with E-state index in [-0.39, 0.29) is 5.91 Å². The molecule has 1 aliphatic rings. The zero-order chi connectivity index (χ0) is 15.2. The largest absolute Gasteiger partial charge is 0.350 e. The fourth-order valence-electron chi connectivity index (χ4n) is 2.59. The van der Waals surface area contributed by atoms with Gasteiger partial charge in [0.25, 0.3) is 0 Å². The molecule has 0 aromatic heterocycles. The Morgan fingerprint density at radius 1 is 1.29 bits per heavy atom. The van der Waals surface area contributed by atoms with Crippen LogP contribution in [0.5, 0.6) is 0 Å². The summed E-state index contributed by atoms with van der Waals surface area (Å²) in [4.78, 5) is 14.1. The lowest BCUT2D eigenvalue weighted by Crippen LogP contribution is -2.43. The van der Waals surface area contributed by atoms with Crippen molar-refractivity contribution in [1.82, 2.24) is 10.2 Å². The Bertz CT molecular complexity index is 498. The molecule has 1 aromatic rings. The molecule has 1 amide bonds. The molecular formula is C17H23ClN2O. The van der Waals surface area contributed by atoms with E-state index in [0.717, 1.165) is 43.1 Å². The average Bonchev–Trinajstić information content (AvgIpc) is 2.42. The molecule has 21 heavy (non-hydrogen) atoms. The summed E-state index contributed by atoms with van der Waals surface area (Å²) < 4.78 is 0. The zero-order valence-electron chi connectivity index (χ0n) is 12.7. The van der Waals surface area contributed by atoms with Gasteiger partial charge in [-0.2, -0.15) is 0 Å². The minimum absolute atomic E-state index is 0.0335. The van der Waals surface area contributed by atoms with E-state index in [1.54, 1.807) is 6.08 Å². The Labute approximate surface area is 132 Å². The van der Waals surface area contributed by atoms with Crippen molar-refractivity contribution in [1.29, 1.82) is 0 Å². The summed E-state index contributed by atoms with van der Waals surface area (Å²) in [7, 11) is 0. The smallest absolute Gasteiger partial charge is 0.244 e. The first-order chi connectivity index (χ1) is 10.0. The molecule has 0 aliphatic carbocycles. The van der Waals surface area contributed by atoms with Crippen LogP contribution in [0.2, 0.25) is 5.02 Å². The maximum atomic E-state index is 11.7. The van der Waals surface area contributed by atoms with Crippen molar-refractivity contribution in [3.05, 3.63) is 46.5 Å². The number of allylic oxidation sites excluding steroid dienone is 1. The van der Waals surface area contributed by atoms with Crippen molar-refractivity contribution in [2.24, 2.45) is 0 Å². The molecule has 4 heteroatoms. The van der Waals surface area contributed by atoms with Gasteiger partial charge >= 0.3 is 0 Å². The molecule has 2 rings (SSSR count). The van der Waals surface area contributed by atoms with E-state index in [2.05, 4.69) is 22.3 Å². The zero-order valence-corrected chi connectivity index (χ0v) is 13.5. The second kappa shape index (κ2) is 7.62. The van der Waals surface area contributed by atoms with Crippen LogP contribution in [0.25, 0.3) is 0 Å². The third-order valence-electron chi connectivity index (χ3n) is 3.67. The van der Waals surface area contributed by atoms with Gasteiger partial charge in [-0.05, 0) is 44.4 Å². The maximum Gasteiger partial charge on any atom is 0.244 e. The SMILES string of the molecule is CC(C)=CC(=O)NC1CCN(Cc2ccc(Cl)cc2)CC1. The second-order valence-corrected chi connectivity index (χ2v) is 6.34. The number of nitrogens with zero attached hydrogens (tertiary/aromatic N) is 1. The monoisotopic (exact) mass is 306 g/mol. The van der Waals surface area contributed by atoms with Gasteiger partial charge in [-0.25, -0.2) is 0 Å². The molecule has 1 N–H and O–H groups in total. The van der Waals surface area contributed by atoms with Gasteiger partial charge in [0.1, 0.15) is 0 Å². The summed E-state index contributed by atoms with van der Waals surface area (Å²) in [5, 5.41) is 3.86. The summed E-state index contributed by atoms with van der Waals surface area (Å²) in [6.07, 6.45) is 3.69. The Morgan fingerprint density at radius 2 is 1.90 bits per heavy atom. The number of hydrogen-bond acceptors (Lipinski definition) is 2. The van der Waals surface area contributed by atoms with Gasteiger partial charge in [0, 0.05) is 36.8 Å². The van der Waals surface area contributed by atoms with Crippen molar-refractivity contribution in [3.8, 4) is 0 Å². The van der Waals surface area contributed by atoms with Crippen LogP contribution in [-0.2, 0) is 11.3 Å². The van der Waals surface area contributed by atoms with Crippen LogP contribution < -0.4 is 5.32 Å². The highest BCUT2D eigenvalue weighted by Crippen LogP contribution is 2.16. The lowest BCUT2D eigenvalue weighted by atomic mass is 10.0. The molecule has 114 valence electrons. The van der Waals surface area contributed by atoms with E-state index in [1.165, 1.54) is 5.56 Å². The van der Waals surface area contributed by atoms with Gasteiger partial charge in [0.05, 0.1) is 0 Å². The van der Waals surface area contributed by atoms with E-state index in [0.29, 0.717) is 6.04 Å². The molecule has 0 atom stereocenters. The molecule has 3 nitrogen and oxygen atoms in total. The van der Waals surface area contributed by atoms with Crippen LogP contribution in [0.15, 0.2) is 35.9 Å². The second-order valence-electron chi connectivity index (χ2n) is 5.91. The quantitative estimate of drug-likeness (QED) is 0.865. The molecular weight excluding hydrogens is 284 g/mol. The minimum atomic E-state index is 0.0335. The lowest BCUT2D eigenvalue weighted by Gasteiger charge is -2.32. The summed E-state index contributed by atoms with van der Waals surface area (Å²) >= 11 is 5.90.